The number of rotatable bonds is 7. The van der Waals surface area contributed by atoms with E-state index in [1.807, 2.05) is 0 Å². The second kappa shape index (κ2) is 12.5. The fourth-order valence-corrected chi connectivity index (χ4v) is 9.14. The van der Waals surface area contributed by atoms with Gasteiger partial charge in [0.1, 0.15) is 23.2 Å². The van der Waals surface area contributed by atoms with Crippen LogP contribution in [0.3, 0.4) is 0 Å². The van der Waals surface area contributed by atoms with Gasteiger partial charge in [0.05, 0.1) is 25.1 Å². The van der Waals surface area contributed by atoms with E-state index in [1.165, 1.54) is 40.6 Å². The normalized spacial score (nSPS) is 13.8. The molecular formula is C26H32Cl2NOP. The van der Waals surface area contributed by atoms with Gasteiger partial charge < -0.3 is 22.0 Å². The Morgan fingerprint density at radius 2 is 1.29 bits per heavy atom. The molecule has 0 spiro atoms. The number of unbranched alkanes of at least 4 members (excludes halogenated alkanes) is 1. The van der Waals surface area contributed by atoms with E-state index in [0.29, 0.717) is 0 Å². The second-order valence-corrected chi connectivity index (χ2v) is 11.2. The van der Waals surface area contributed by atoms with Gasteiger partial charge in [0, 0.05) is 13.1 Å². The van der Waals surface area contributed by atoms with Crippen molar-refractivity contribution >= 4 is 41.3 Å². The molecule has 0 N–H and O–H groups in total. The average molecular weight is 476 g/mol. The number of halogens is 2. The number of anilines is 1. The molecule has 0 aromatic heterocycles. The molecule has 0 amide bonds. The molecule has 1 saturated heterocycles. The van der Waals surface area contributed by atoms with E-state index in [4.69, 9.17) is 4.74 Å². The van der Waals surface area contributed by atoms with Crippen molar-refractivity contribution < 1.29 is 17.1 Å². The molecule has 166 valence electrons. The maximum absolute atomic E-state index is 5.65. The molecule has 3 aromatic carbocycles. The minimum absolute atomic E-state index is 0. The molecule has 31 heavy (non-hydrogen) atoms. The molecule has 0 radical (unpaired) electrons. The fraction of sp³-hybridized carbons (Fsp3) is 0.308. The molecule has 2 nitrogen and oxygen atoms in total. The second-order valence-electron chi connectivity index (χ2n) is 7.65. The highest BCUT2D eigenvalue weighted by Gasteiger charge is 2.46. The lowest BCUT2D eigenvalue weighted by Crippen LogP contribution is -3.00. The van der Waals surface area contributed by atoms with Crippen molar-refractivity contribution in [2.24, 2.45) is 0 Å². The summed E-state index contributed by atoms with van der Waals surface area (Å²) in [4.78, 5) is 2.53. The third-order valence-corrected chi connectivity index (χ3v) is 10.4. The summed E-state index contributed by atoms with van der Waals surface area (Å²) in [6.07, 6.45) is 3.65. The number of morpholine rings is 1. The molecule has 0 atom stereocenters. The van der Waals surface area contributed by atoms with E-state index in [2.05, 4.69) is 96.8 Å². The fourth-order valence-electron chi connectivity index (χ4n) is 4.42. The standard InChI is InChI=1S/C26H31NOP.2ClH/c1-2-3-22-29(23-12-6-4-7-13-23,24-14-8-5-9-15-24)26-17-11-10-16-25(26)27-18-20-28-21-19-27;;/h4-17H,2-3,18-22H2,1H3;2*1H/q+1;;/p-1. The monoisotopic (exact) mass is 475 g/mol. The predicted molar refractivity (Wildman–Crippen MR) is 135 cm³/mol. The van der Waals surface area contributed by atoms with Crippen LogP contribution in [-0.4, -0.2) is 32.5 Å². The van der Waals surface area contributed by atoms with Gasteiger partial charge in [0.2, 0.25) is 0 Å². The summed E-state index contributed by atoms with van der Waals surface area (Å²) in [6.45, 7) is 5.86. The molecule has 3 aromatic rings. The Bertz CT molecular complexity index is 862. The predicted octanol–water partition coefficient (Wildman–Crippen LogP) is 2.04. The van der Waals surface area contributed by atoms with Gasteiger partial charge in [-0.3, -0.25) is 0 Å². The van der Waals surface area contributed by atoms with Crippen LogP contribution in [0.2, 0.25) is 0 Å². The topological polar surface area (TPSA) is 12.5 Å². The number of ether oxygens (including phenoxy) is 1. The van der Waals surface area contributed by atoms with Crippen LogP contribution in [0.1, 0.15) is 19.8 Å². The minimum Gasteiger partial charge on any atom is -1.00 e. The van der Waals surface area contributed by atoms with Gasteiger partial charge in [-0.25, -0.2) is 0 Å². The SMILES string of the molecule is CCCC[P+](c1ccccc1)(c1ccccc1)c1ccccc1N1CCOCC1.Cl.[Cl-]. The zero-order chi connectivity index (χ0) is 19.9. The number of para-hydroxylation sites is 1. The molecule has 1 aliphatic rings. The van der Waals surface area contributed by atoms with E-state index in [9.17, 15) is 0 Å². The largest absolute Gasteiger partial charge is 1.00 e. The quantitative estimate of drug-likeness (QED) is 0.484. The van der Waals surface area contributed by atoms with E-state index in [1.54, 1.807) is 0 Å². The van der Waals surface area contributed by atoms with E-state index in [-0.39, 0.29) is 24.8 Å². The first kappa shape index (κ1) is 25.7. The summed E-state index contributed by atoms with van der Waals surface area (Å²) in [7, 11) is -1.76. The lowest BCUT2D eigenvalue weighted by Gasteiger charge is -2.34. The van der Waals surface area contributed by atoms with Crippen molar-refractivity contribution in [1.29, 1.82) is 0 Å². The molecule has 4 rings (SSSR count). The van der Waals surface area contributed by atoms with Crippen molar-refractivity contribution in [2.45, 2.75) is 19.8 Å². The Kier molecular flexibility index (Phi) is 10.3. The number of nitrogens with zero attached hydrogens (tertiary/aromatic N) is 1. The van der Waals surface area contributed by atoms with Gasteiger partial charge in [0.25, 0.3) is 0 Å². The number of benzene rings is 3. The summed E-state index contributed by atoms with van der Waals surface area (Å²) in [6, 6.07) is 31.7. The first-order valence-corrected chi connectivity index (χ1v) is 12.8. The summed E-state index contributed by atoms with van der Waals surface area (Å²) < 4.78 is 5.65. The molecule has 1 fully saturated rings. The third-order valence-electron chi connectivity index (χ3n) is 5.89. The Morgan fingerprint density at radius 1 is 0.774 bits per heavy atom. The van der Waals surface area contributed by atoms with Gasteiger partial charge in [-0.1, -0.05) is 61.9 Å². The highest BCUT2D eigenvalue weighted by Crippen LogP contribution is 2.57. The molecular weight excluding hydrogens is 444 g/mol. The lowest BCUT2D eigenvalue weighted by atomic mass is 10.2. The summed E-state index contributed by atoms with van der Waals surface area (Å²) >= 11 is 0. The zero-order valence-electron chi connectivity index (χ0n) is 18.1. The highest BCUT2D eigenvalue weighted by molar-refractivity contribution is 7.96. The van der Waals surface area contributed by atoms with Crippen molar-refractivity contribution in [3.8, 4) is 0 Å². The van der Waals surface area contributed by atoms with Crippen LogP contribution in [0.25, 0.3) is 0 Å². The Labute approximate surface area is 200 Å². The highest BCUT2D eigenvalue weighted by atomic mass is 35.5. The lowest BCUT2D eigenvalue weighted by molar-refractivity contribution is -0.00000667. The molecule has 0 unspecified atom stereocenters. The number of hydrogen-bond donors (Lipinski definition) is 0. The molecule has 1 heterocycles. The van der Waals surface area contributed by atoms with Crippen molar-refractivity contribution in [3.63, 3.8) is 0 Å². The molecule has 5 heteroatoms. The minimum atomic E-state index is -1.76. The van der Waals surface area contributed by atoms with Crippen molar-refractivity contribution in [2.75, 3.05) is 37.4 Å². The van der Waals surface area contributed by atoms with E-state index < -0.39 is 7.26 Å². The first-order valence-electron chi connectivity index (χ1n) is 10.8. The van der Waals surface area contributed by atoms with Crippen molar-refractivity contribution in [3.05, 3.63) is 84.9 Å². The Hall–Kier alpha value is -1.57. The third kappa shape index (κ3) is 5.44. The van der Waals surface area contributed by atoms with E-state index >= 15 is 0 Å². The van der Waals surface area contributed by atoms with Gasteiger partial charge >= 0.3 is 0 Å². The smallest absolute Gasteiger partial charge is 0.128 e. The van der Waals surface area contributed by atoms with Crippen molar-refractivity contribution in [1.82, 2.24) is 0 Å². The first-order chi connectivity index (χ1) is 14.4. The number of hydrogen-bond acceptors (Lipinski definition) is 2. The summed E-state index contributed by atoms with van der Waals surface area (Å²) in [5, 5.41) is 4.49. The van der Waals surface area contributed by atoms with Gasteiger partial charge in [-0.05, 0) is 42.8 Å². The van der Waals surface area contributed by atoms with Gasteiger partial charge in [-0.2, -0.15) is 0 Å². The van der Waals surface area contributed by atoms with Crippen LogP contribution >= 0.6 is 19.7 Å². The maximum atomic E-state index is 5.65. The van der Waals surface area contributed by atoms with Crippen LogP contribution < -0.4 is 33.2 Å². The summed E-state index contributed by atoms with van der Waals surface area (Å²) in [5.74, 6) is 0. The van der Waals surface area contributed by atoms with Crippen LogP contribution in [0.4, 0.5) is 5.69 Å². The zero-order valence-corrected chi connectivity index (χ0v) is 20.6. The van der Waals surface area contributed by atoms with Crippen LogP contribution in [0.5, 0.6) is 0 Å². The van der Waals surface area contributed by atoms with Crippen LogP contribution in [-0.2, 0) is 4.74 Å². The van der Waals surface area contributed by atoms with Gasteiger partial charge in [-0.15, -0.1) is 12.4 Å². The Morgan fingerprint density at radius 3 is 1.84 bits per heavy atom. The molecule has 1 aliphatic heterocycles. The van der Waals surface area contributed by atoms with E-state index in [0.717, 1.165) is 26.3 Å². The van der Waals surface area contributed by atoms with Gasteiger partial charge in [0.15, 0.2) is 0 Å². The molecule has 0 bridgehead atoms. The summed E-state index contributed by atoms with van der Waals surface area (Å²) in [5.41, 5.74) is 1.40. The van der Waals surface area contributed by atoms with Crippen LogP contribution in [0.15, 0.2) is 84.9 Å². The molecule has 0 saturated carbocycles. The Balaban J connectivity index is 0.00000171. The van der Waals surface area contributed by atoms with Crippen LogP contribution in [0, 0.1) is 0 Å². The maximum Gasteiger partial charge on any atom is 0.128 e. The average Bonchev–Trinajstić information content (AvgIpc) is 2.82. The molecule has 0 aliphatic carbocycles.